The molecule has 2 saturated carbocycles. The molecular weight excluding hydrogens is 226 g/mol. The van der Waals surface area contributed by atoms with Gasteiger partial charge < -0.3 is 0 Å². The van der Waals surface area contributed by atoms with Crippen LogP contribution in [0.25, 0.3) is 0 Å². The van der Waals surface area contributed by atoms with Crippen LogP contribution in [0.5, 0.6) is 0 Å². The second kappa shape index (κ2) is 2.73. The molecule has 4 rings (SSSR count). The largest absolute Gasteiger partial charge is 0.277 e. The lowest BCUT2D eigenvalue weighted by Gasteiger charge is -2.32. The van der Waals surface area contributed by atoms with Crippen LogP contribution in [0, 0.1) is 29.1 Å². The van der Waals surface area contributed by atoms with E-state index < -0.39 is 0 Å². The molecule has 18 heavy (non-hydrogen) atoms. The first kappa shape index (κ1) is 10.8. The summed E-state index contributed by atoms with van der Waals surface area (Å²) >= 11 is 0. The van der Waals surface area contributed by atoms with E-state index in [1.165, 1.54) is 17.7 Å². The molecule has 0 aromatic carbocycles. The van der Waals surface area contributed by atoms with Gasteiger partial charge in [0.25, 0.3) is 0 Å². The monoisotopic (exact) mass is 245 g/mol. The fourth-order valence-corrected chi connectivity index (χ4v) is 4.74. The van der Waals surface area contributed by atoms with E-state index >= 15 is 0 Å². The number of likely N-dealkylation sites (tertiary alicyclic amines) is 1. The number of carbonyl (C=O) groups excluding carboxylic acids is 2. The van der Waals surface area contributed by atoms with Gasteiger partial charge in [0.1, 0.15) is 0 Å². The normalized spacial score (nSPS) is 43.2. The van der Waals surface area contributed by atoms with Crippen molar-refractivity contribution < 1.29 is 9.59 Å². The maximum absolute atomic E-state index is 12.6. The Bertz CT molecular complexity index is 461. The topological polar surface area (TPSA) is 37.4 Å². The molecular formula is C15H19NO2. The van der Waals surface area contributed by atoms with Gasteiger partial charge in [0.2, 0.25) is 11.8 Å². The summed E-state index contributed by atoms with van der Waals surface area (Å²) in [6.07, 6.45) is 6.85. The molecule has 2 bridgehead atoms. The van der Waals surface area contributed by atoms with Crippen molar-refractivity contribution in [1.82, 2.24) is 4.90 Å². The highest BCUT2D eigenvalue weighted by molar-refractivity contribution is 6.07. The summed E-state index contributed by atoms with van der Waals surface area (Å²) in [6.45, 7) is 5.85. The second-order valence-corrected chi connectivity index (χ2v) is 7.40. The van der Waals surface area contributed by atoms with Gasteiger partial charge >= 0.3 is 0 Å². The fraction of sp³-hybridized carbons (Fsp3) is 0.733. The number of nitrogens with zero attached hydrogens (tertiary/aromatic N) is 1. The lowest BCUT2D eigenvalue weighted by molar-refractivity contribution is -0.146. The lowest BCUT2D eigenvalue weighted by atomic mass is 9.85. The summed E-state index contributed by atoms with van der Waals surface area (Å²) in [4.78, 5) is 26.8. The molecule has 0 aromatic rings. The quantitative estimate of drug-likeness (QED) is 0.483. The zero-order chi connectivity index (χ0) is 12.9. The van der Waals surface area contributed by atoms with Crippen LogP contribution < -0.4 is 0 Å². The minimum Gasteiger partial charge on any atom is -0.277 e. The van der Waals surface area contributed by atoms with Gasteiger partial charge in [-0.1, -0.05) is 12.2 Å². The van der Waals surface area contributed by atoms with E-state index in [9.17, 15) is 9.59 Å². The van der Waals surface area contributed by atoms with E-state index in [4.69, 9.17) is 0 Å². The zero-order valence-corrected chi connectivity index (χ0v) is 11.1. The lowest BCUT2D eigenvalue weighted by Crippen LogP contribution is -2.47. The van der Waals surface area contributed by atoms with Crippen LogP contribution in [-0.4, -0.2) is 22.3 Å². The van der Waals surface area contributed by atoms with Gasteiger partial charge in [0.05, 0.1) is 11.8 Å². The van der Waals surface area contributed by atoms with Gasteiger partial charge in [0.15, 0.2) is 0 Å². The van der Waals surface area contributed by atoms with Gasteiger partial charge in [-0.25, -0.2) is 0 Å². The Morgan fingerprint density at radius 1 is 1.06 bits per heavy atom. The summed E-state index contributed by atoms with van der Waals surface area (Å²) in [7, 11) is 0. The highest BCUT2D eigenvalue weighted by Gasteiger charge is 2.73. The molecule has 3 heteroatoms. The Balaban J connectivity index is 1.79. The average Bonchev–Trinajstić information content (AvgIpc) is 2.83. The summed E-state index contributed by atoms with van der Waals surface area (Å²) in [5, 5.41) is 0. The highest BCUT2D eigenvalue weighted by atomic mass is 16.2. The molecule has 3 nitrogen and oxygen atoms in total. The predicted molar refractivity (Wildman–Crippen MR) is 66.4 cm³/mol. The van der Waals surface area contributed by atoms with E-state index in [0.29, 0.717) is 17.3 Å². The molecule has 1 heterocycles. The van der Waals surface area contributed by atoms with E-state index in [-0.39, 0.29) is 29.2 Å². The molecule has 4 aliphatic rings. The van der Waals surface area contributed by atoms with Crippen LogP contribution in [0.15, 0.2) is 12.2 Å². The van der Waals surface area contributed by atoms with Crippen molar-refractivity contribution in [3.8, 4) is 0 Å². The van der Waals surface area contributed by atoms with Crippen molar-refractivity contribution in [2.24, 2.45) is 29.1 Å². The number of hydrogen-bond donors (Lipinski definition) is 0. The Hall–Kier alpha value is -1.12. The van der Waals surface area contributed by atoms with Crippen molar-refractivity contribution >= 4 is 11.8 Å². The smallest absolute Gasteiger partial charge is 0.234 e. The van der Waals surface area contributed by atoms with Crippen LogP contribution in [0.3, 0.4) is 0 Å². The van der Waals surface area contributed by atoms with Crippen LogP contribution in [0.2, 0.25) is 0 Å². The maximum atomic E-state index is 12.6. The first-order chi connectivity index (χ1) is 8.38. The predicted octanol–water partition coefficient (Wildman–Crippen LogP) is 1.98. The summed E-state index contributed by atoms with van der Waals surface area (Å²) in [5.74, 6) is 0.761. The minimum absolute atomic E-state index is 0.0470. The Kier molecular flexibility index (Phi) is 1.63. The average molecular weight is 245 g/mol. The summed E-state index contributed by atoms with van der Waals surface area (Å²) < 4.78 is 0. The van der Waals surface area contributed by atoms with Gasteiger partial charge in [-0.15, -0.1) is 0 Å². The van der Waals surface area contributed by atoms with Crippen LogP contribution >= 0.6 is 0 Å². The number of allylic oxidation sites excluding steroid dienone is 2. The van der Waals surface area contributed by atoms with Gasteiger partial charge in [-0.3, -0.25) is 14.5 Å². The minimum atomic E-state index is -0.380. The van der Waals surface area contributed by atoms with E-state index in [0.717, 1.165) is 0 Å². The number of imide groups is 1. The maximum Gasteiger partial charge on any atom is 0.234 e. The van der Waals surface area contributed by atoms with Crippen LogP contribution in [0.1, 0.15) is 33.6 Å². The standard InChI is InChI=1S/C15H19NO2/c1-14(2,3)16-12(17)10-8-4-5-9(11(10)13(16)18)15(8)6-7-15/h4-5,8-11H,6-7H2,1-3H3/t8-,9+,10+,11-. The van der Waals surface area contributed by atoms with Gasteiger partial charge in [-0.2, -0.15) is 0 Å². The molecule has 96 valence electrons. The number of carbonyl (C=O) groups is 2. The van der Waals surface area contributed by atoms with Crippen LogP contribution in [0.4, 0.5) is 0 Å². The molecule has 1 saturated heterocycles. The molecule has 1 spiro atoms. The van der Waals surface area contributed by atoms with Crippen molar-refractivity contribution in [2.75, 3.05) is 0 Å². The van der Waals surface area contributed by atoms with E-state index in [1.807, 2.05) is 20.8 Å². The Morgan fingerprint density at radius 3 is 1.83 bits per heavy atom. The molecule has 0 N–H and O–H groups in total. The Labute approximate surface area is 107 Å². The van der Waals surface area contributed by atoms with Crippen molar-refractivity contribution in [3.63, 3.8) is 0 Å². The second-order valence-electron chi connectivity index (χ2n) is 7.40. The van der Waals surface area contributed by atoms with Gasteiger partial charge in [0, 0.05) is 5.54 Å². The highest BCUT2D eigenvalue weighted by Crippen LogP contribution is 2.73. The van der Waals surface area contributed by atoms with E-state index in [2.05, 4.69) is 12.2 Å². The summed E-state index contributed by atoms with van der Waals surface area (Å²) in [5.41, 5.74) is -0.0702. The molecule has 3 aliphatic carbocycles. The first-order valence-corrected chi connectivity index (χ1v) is 6.94. The SMILES string of the molecule is CC(C)(C)N1C(=O)[C@@H]2[C@H](C1=O)[C@@H]1C=C[C@H]2C12CC2. The molecule has 1 aliphatic heterocycles. The van der Waals surface area contributed by atoms with Crippen molar-refractivity contribution in [1.29, 1.82) is 0 Å². The number of amides is 2. The molecule has 0 radical (unpaired) electrons. The van der Waals surface area contributed by atoms with Crippen molar-refractivity contribution in [3.05, 3.63) is 12.2 Å². The third kappa shape index (κ3) is 0.952. The first-order valence-electron chi connectivity index (χ1n) is 6.94. The number of rotatable bonds is 0. The third-order valence-corrected chi connectivity index (χ3v) is 5.52. The van der Waals surface area contributed by atoms with Crippen molar-refractivity contribution in [2.45, 2.75) is 39.2 Å². The fourth-order valence-electron chi connectivity index (χ4n) is 4.74. The number of fused-ring (bicyclic) bond motifs is 3. The van der Waals surface area contributed by atoms with Crippen LogP contribution in [-0.2, 0) is 9.59 Å². The Morgan fingerprint density at radius 2 is 1.50 bits per heavy atom. The summed E-state index contributed by atoms with van der Waals surface area (Å²) in [6, 6.07) is 0. The third-order valence-electron chi connectivity index (χ3n) is 5.52. The molecule has 4 atom stereocenters. The number of hydrogen-bond acceptors (Lipinski definition) is 2. The zero-order valence-electron chi connectivity index (χ0n) is 11.1. The molecule has 2 amide bonds. The van der Waals surface area contributed by atoms with Gasteiger partial charge in [-0.05, 0) is 50.9 Å². The molecule has 0 aromatic heterocycles. The molecule has 3 fully saturated rings. The molecule has 0 unspecified atom stereocenters. The van der Waals surface area contributed by atoms with E-state index in [1.54, 1.807) is 0 Å².